The smallest absolute Gasteiger partial charge is 0.256 e. The summed E-state index contributed by atoms with van der Waals surface area (Å²) in [6.45, 7) is 0. The van der Waals surface area contributed by atoms with Crippen molar-refractivity contribution in [2.45, 2.75) is 10.9 Å². The number of hydrogen-bond acceptors (Lipinski definition) is 5. The molecule has 27 heavy (non-hydrogen) atoms. The van der Waals surface area contributed by atoms with E-state index >= 15 is 0 Å². The standard InChI is InChI=1S/C19H16ClN3O2S2/c1-26-14-6-7-16(20)15(8-14)19(25)23-11-27-10-17(23)18(24)22-13-4-2-12(9-21)3-5-13/h2-8,17H,10-11H2,1H3,(H,22,24). The molecule has 1 aliphatic heterocycles. The molecule has 1 aliphatic rings. The zero-order valence-electron chi connectivity index (χ0n) is 14.4. The van der Waals surface area contributed by atoms with Crippen molar-refractivity contribution in [2.24, 2.45) is 0 Å². The van der Waals surface area contributed by atoms with E-state index in [1.807, 2.05) is 18.4 Å². The van der Waals surface area contributed by atoms with Crippen molar-refractivity contribution < 1.29 is 9.59 Å². The minimum absolute atomic E-state index is 0.249. The fourth-order valence-corrected chi connectivity index (χ4v) is 4.46. The zero-order valence-corrected chi connectivity index (χ0v) is 16.8. The molecule has 1 fully saturated rings. The van der Waals surface area contributed by atoms with Crippen molar-refractivity contribution in [2.75, 3.05) is 23.2 Å². The van der Waals surface area contributed by atoms with Crippen LogP contribution in [0.2, 0.25) is 5.02 Å². The first-order chi connectivity index (χ1) is 13.0. The first kappa shape index (κ1) is 19.6. The van der Waals surface area contributed by atoms with Crippen molar-refractivity contribution in [3.8, 4) is 6.07 Å². The fraction of sp³-hybridized carbons (Fsp3) is 0.211. The molecule has 1 N–H and O–H groups in total. The molecule has 0 aliphatic carbocycles. The lowest BCUT2D eigenvalue weighted by Gasteiger charge is -2.23. The van der Waals surface area contributed by atoms with Gasteiger partial charge < -0.3 is 10.2 Å². The molecule has 0 spiro atoms. The molecule has 138 valence electrons. The molecule has 0 bridgehead atoms. The number of rotatable bonds is 4. The van der Waals surface area contributed by atoms with Gasteiger partial charge in [0.25, 0.3) is 5.91 Å². The fourth-order valence-electron chi connectivity index (χ4n) is 2.66. The van der Waals surface area contributed by atoms with E-state index in [2.05, 4.69) is 5.32 Å². The van der Waals surface area contributed by atoms with Crippen LogP contribution >= 0.6 is 35.1 Å². The van der Waals surface area contributed by atoms with Crippen LogP contribution in [-0.2, 0) is 4.79 Å². The van der Waals surface area contributed by atoms with Gasteiger partial charge in [0.15, 0.2) is 0 Å². The molecule has 2 aromatic rings. The van der Waals surface area contributed by atoms with Crippen LogP contribution in [0.1, 0.15) is 15.9 Å². The molecule has 0 radical (unpaired) electrons. The molecule has 2 aromatic carbocycles. The molecule has 5 nitrogen and oxygen atoms in total. The highest BCUT2D eigenvalue weighted by molar-refractivity contribution is 7.99. The number of carbonyl (C=O) groups excluding carboxylic acids is 2. The number of nitrogens with zero attached hydrogens (tertiary/aromatic N) is 2. The Hall–Kier alpha value is -2.14. The second kappa shape index (κ2) is 8.70. The SMILES string of the molecule is CSc1ccc(Cl)c(C(=O)N2CSCC2C(=O)Nc2ccc(C#N)cc2)c1. The average molecular weight is 418 g/mol. The van der Waals surface area contributed by atoms with Gasteiger partial charge >= 0.3 is 0 Å². The Bertz CT molecular complexity index is 912. The lowest BCUT2D eigenvalue weighted by molar-refractivity contribution is -0.119. The van der Waals surface area contributed by atoms with Crippen LogP contribution in [0.4, 0.5) is 5.69 Å². The van der Waals surface area contributed by atoms with Gasteiger partial charge in [0.1, 0.15) is 6.04 Å². The van der Waals surface area contributed by atoms with Crippen LogP contribution < -0.4 is 5.32 Å². The van der Waals surface area contributed by atoms with Gasteiger partial charge in [-0.15, -0.1) is 23.5 Å². The third kappa shape index (κ3) is 4.41. The number of amides is 2. The highest BCUT2D eigenvalue weighted by Gasteiger charge is 2.35. The number of anilines is 1. The predicted octanol–water partition coefficient (Wildman–Crippen LogP) is 4.09. The summed E-state index contributed by atoms with van der Waals surface area (Å²) in [5, 5.41) is 12.0. The molecule has 2 amide bonds. The van der Waals surface area contributed by atoms with Gasteiger partial charge in [0.2, 0.25) is 5.91 Å². The van der Waals surface area contributed by atoms with E-state index in [0.717, 1.165) is 4.90 Å². The quantitative estimate of drug-likeness (QED) is 0.758. The number of benzene rings is 2. The Morgan fingerprint density at radius 2 is 2.04 bits per heavy atom. The Labute approximate surface area is 171 Å². The van der Waals surface area contributed by atoms with E-state index in [-0.39, 0.29) is 11.8 Å². The highest BCUT2D eigenvalue weighted by atomic mass is 35.5. The summed E-state index contributed by atoms with van der Waals surface area (Å²) in [7, 11) is 0. The summed E-state index contributed by atoms with van der Waals surface area (Å²) in [6.07, 6.45) is 1.93. The van der Waals surface area contributed by atoms with Gasteiger partial charge in [-0.3, -0.25) is 9.59 Å². The molecule has 1 heterocycles. The molecule has 3 rings (SSSR count). The van der Waals surface area contributed by atoms with Crippen molar-refractivity contribution in [1.82, 2.24) is 4.90 Å². The third-order valence-electron chi connectivity index (χ3n) is 4.13. The maximum atomic E-state index is 13.0. The average Bonchev–Trinajstić information content (AvgIpc) is 3.18. The van der Waals surface area contributed by atoms with Gasteiger partial charge in [-0.25, -0.2) is 0 Å². The first-order valence-electron chi connectivity index (χ1n) is 8.06. The van der Waals surface area contributed by atoms with Crippen LogP contribution in [0, 0.1) is 11.3 Å². The van der Waals surface area contributed by atoms with Crippen LogP contribution in [0.3, 0.4) is 0 Å². The van der Waals surface area contributed by atoms with Crippen LogP contribution in [0.25, 0.3) is 0 Å². The Morgan fingerprint density at radius 3 is 2.70 bits per heavy atom. The summed E-state index contributed by atoms with van der Waals surface area (Å²) in [5.74, 6) is 0.453. The molecular weight excluding hydrogens is 402 g/mol. The second-order valence-electron chi connectivity index (χ2n) is 5.81. The van der Waals surface area contributed by atoms with Gasteiger partial charge in [-0.1, -0.05) is 11.6 Å². The largest absolute Gasteiger partial charge is 0.324 e. The normalized spacial score (nSPS) is 16.0. The number of halogens is 1. The highest BCUT2D eigenvalue weighted by Crippen LogP contribution is 2.29. The van der Waals surface area contributed by atoms with E-state index in [1.165, 1.54) is 23.5 Å². The maximum Gasteiger partial charge on any atom is 0.256 e. The molecule has 8 heteroatoms. The summed E-state index contributed by atoms with van der Waals surface area (Å²) >= 11 is 9.28. The van der Waals surface area contributed by atoms with E-state index in [9.17, 15) is 9.59 Å². The number of carbonyl (C=O) groups is 2. The molecular formula is C19H16ClN3O2S2. The van der Waals surface area contributed by atoms with Crippen LogP contribution in [0.5, 0.6) is 0 Å². The summed E-state index contributed by atoms with van der Waals surface area (Å²) in [4.78, 5) is 28.2. The van der Waals surface area contributed by atoms with Crippen molar-refractivity contribution >= 4 is 52.6 Å². The van der Waals surface area contributed by atoms with Gasteiger partial charge in [-0.05, 0) is 48.7 Å². The number of nitrogens with one attached hydrogen (secondary N) is 1. The Balaban J connectivity index is 1.77. The molecule has 1 unspecified atom stereocenters. The van der Waals surface area contributed by atoms with Gasteiger partial charge in [0.05, 0.1) is 28.1 Å². The molecule has 0 saturated carbocycles. The van der Waals surface area contributed by atoms with E-state index < -0.39 is 6.04 Å². The number of hydrogen-bond donors (Lipinski definition) is 1. The monoisotopic (exact) mass is 417 g/mol. The first-order valence-corrected chi connectivity index (χ1v) is 10.8. The lowest BCUT2D eigenvalue weighted by Crippen LogP contribution is -2.44. The molecule has 1 saturated heterocycles. The van der Waals surface area contributed by atoms with Crippen molar-refractivity contribution in [3.05, 3.63) is 58.6 Å². The zero-order chi connectivity index (χ0) is 19.4. The Morgan fingerprint density at radius 1 is 1.30 bits per heavy atom. The summed E-state index contributed by atoms with van der Waals surface area (Å²) in [5.41, 5.74) is 1.51. The second-order valence-corrected chi connectivity index (χ2v) is 8.10. The molecule has 1 atom stereocenters. The minimum Gasteiger partial charge on any atom is -0.324 e. The number of nitriles is 1. The van der Waals surface area contributed by atoms with Gasteiger partial charge in [0, 0.05) is 16.3 Å². The van der Waals surface area contributed by atoms with Crippen LogP contribution in [-0.4, -0.2) is 40.6 Å². The van der Waals surface area contributed by atoms with Gasteiger partial charge in [-0.2, -0.15) is 5.26 Å². The summed E-state index contributed by atoms with van der Waals surface area (Å²) < 4.78 is 0. The van der Waals surface area contributed by atoms with Crippen molar-refractivity contribution in [3.63, 3.8) is 0 Å². The maximum absolute atomic E-state index is 13.0. The topological polar surface area (TPSA) is 73.2 Å². The lowest BCUT2D eigenvalue weighted by atomic mass is 10.1. The summed E-state index contributed by atoms with van der Waals surface area (Å²) in [6, 6.07) is 13.4. The Kier molecular flexibility index (Phi) is 6.32. The predicted molar refractivity (Wildman–Crippen MR) is 110 cm³/mol. The molecule has 0 aromatic heterocycles. The van der Waals surface area contributed by atoms with E-state index in [0.29, 0.717) is 33.5 Å². The third-order valence-corrected chi connectivity index (χ3v) is 6.20. The van der Waals surface area contributed by atoms with E-state index in [4.69, 9.17) is 16.9 Å². The van der Waals surface area contributed by atoms with E-state index in [1.54, 1.807) is 41.3 Å². The minimum atomic E-state index is -0.577. The van der Waals surface area contributed by atoms with Crippen LogP contribution in [0.15, 0.2) is 47.4 Å². The number of thioether (sulfide) groups is 2. The van der Waals surface area contributed by atoms with Crippen molar-refractivity contribution in [1.29, 1.82) is 5.26 Å².